The molecular formula is C14H22N4O2S. The van der Waals surface area contributed by atoms with E-state index in [4.69, 9.17) is 15.2 Å². The quantitative estimate of drug-likeness (QED) is 0.803. The number of hydrogen-bond donors (Lipinski definition) is 1. The number of nitrogens with zero attached hydrogens (tertiary/aromatic N) is 3. The number of rotatable bonds is 8. The van der Waals surface area contributed by atoms with E-state index in [2.05, 4.69) is 27.9 Å². The van der Waals surface area contributed by atoms with Gasteiger partial charge in [-0.05, 0) is 12.5 Å². The van der Waals surface area contributed by atoms with Crippen LogP contribution in [0.25, 0.3) is 10.2 Å². The third-order valence-corrected chi connectivity index (χ3v) is 4.39. The second kappa shape index (κ2) is 7.53. The molecule has 0 saturated heterocycles. The molecule has 0 bridgehead atoms. The molecule has 7 heteroatoms. The van der Waals surface area contributed by atoms with Crippen LogP contribution in [0.5, 0.6) is 0 Å². The molecule has 2 rings (SSSR count). The van der Waals surface area contributed by atoms with Gasteiger partial charge in [-0.2, -0.15) is 4.98 Å². The average molecular weight is 310 g/mol. The van der Waals surface area contributed by atoms with E-state index in [-0.39, 0.29) is 0 Å². The van der Waals surface area contributed by atoms with Crippen LogP contribution in [0.3, 0.4) is 0 Å². The van der Waals surface area contributed by atoms with E-state index in [0.717, 1.165) is 35.5 Å². The summed E-state index contributed by atoms with van der Waals surface area (Å²) >= 11 is 1.67. The van der Waals surface area contributed by atoms with Gasteiger partial charge in [-0.15, -0.1) is 11.3 Å². The molecule has 0 radical (unpaired) electrons. The minimum atomic E-state index is 0.307. The summed E-state index contributed by atoms with van der Waals surface area (Å²) in [6, 6.07) is 2.15. The number of hydrogen-bond acceptors (Lipinski definition) is 7. The van der Waals surface area contributed by atoms with Gasteiger partial charge in [-0.1, -0.05) is 6.92 Å². The maximum Gasteiger partial charge on any atom is 0.223 e. The smallest absolute Gasteiger partial charge is 0.223 e. The first-order valence-corrected chi connectivity index (χ1v) is 7.80. The Bertz CT molecular complexity index is 580. The molecule has 0 atom stereocenters. The summed E-state index contributed by atoms with van der Waals surface area (Å²) in [7, 11) is 3.39. The number of ether oxygens (including phenoxy) is 2. The van der Waals surface area contributed by atoms with Gasteiger partial charge in [-0.3, -0.25) is 0 Å². The van der Waals surface area contributed by atoms with Gasteiger partial charge < -0.3 is 20.1 Å². The molecule has 0 saturated carbocycles. The van der Waals surface area contributed by atoms with Crippen LogP contribution in [-0.2, 0) is 15.9 Å². The molecule has 0 fully saturated rings. The van der Waals surface area contributed by atoms with E-state index < -0.39 is 0 Å². The Morgan fingerprint density at radius 1 is 1.19 bits per heavy atom. The minimum absolute atomic E-state index is 0.307. The predicted octanol–water partition coefficient (Wildman–Crippen LogP) is 1.94. The lowest BCUT2D eigenvalue weighted by molar-refractivity contribution is 0.190. The van der Waals surface area contributed by atoms with Gasteiger partial charge in [0, 0.05) is 32.2 Å². The van der Waals surface area contributed by atoms with Crippen molar-refractivity contribution < 1.29 is 9.47 Å². The zero-order valence-corrected chi connectivity index (χ0v) is 13.6. The topological polar surface area (TPSA) is 73.5 Å². The lowest BCUT2D eigenvalue weighted by Gasteiger charge is -2.23. The zero-order valence-electron chi connectivity index (χ0n) is 12.8. The van der Waals surface area contributed by atoms with Crippen molar-refractivity contribution in [2.45, 2.75) is 13.3 Å². The Balaban J connectivity index is 2.41. The van der Waals surface area contributed by atoms with Crippen LogP contribution in [-0.4, -0.2) is 50.5 Å². The molecule has 2 aromatic heterocycles. The number of thiophene rings is 1. The molecule has 2 aromatic rings. The van der Waals surface area contributed by atoms with Gasteiger partial charge >= 0.3 is 0 Å². The van der Waals surface area contributed by atoms with E-state index in [1.165, 1.54) is 4.88 Å². The molecule has 0 aromatic carbocycles. The molecule has 6 nitrogen and oxygen atoms in total. The van der Waals surface area contributed by atoms with Crippen molar-refractivity contribution >= 4 is 33.3 Å². The highest BCUT2D eigenvalue weighted by Crippen LogP contribution is 2.31. The monoisotopic (exact) mass is 310 g/mol. The largest absolute Gasteiger partial charge is 0.383 e. The highest BCUT2D eigenvalue weighted by molar-refractivity contribution is 7.18. The van der Waals surface area contributed by atoms with Crippen LogP contribution in [0, 0.1) is 0 Å². The van der Waals surface area contributed by atoms with Crippen LogP contribution < -0.4 is 10.6 Å². The van der Waals surface area contributed by atoms with Crippen molar-refractivity contribution in [2.24, 2.45) is 0 Å². The lowest BCUT2D eigenvalue weighted by Crippen LogP contribution is -2.31. The maximum atomic E-state index is 5.87. The van der Waals surface area contributed by atoms with Gasteiger partial charge in [-0.25, -0.2) is 4.98 Å². The molecule has 0 spiro atoms. The van der Waals surface area contributed by atoms with Crippen molar-refractivity contribution in [3.8, 4) is 0 Å². The van der Waals surface area contributed by atoms with Crippen molar-refractivity contribution in [3.63, 3.8) is 0 Å². The van der Waals surface area contributed by atoms with Gasteiger partial charge in [0.1, 0.15) is 10.6 Å². The summed E-state index contributed by atoms with van der Waals surface area (Å²) < 4.78 is 10.4. The molecule has 21 heavy (non-hydrogen) atoms. The highest BCUT2D eigenvalue weighted by Gasteiger charge is 2.16. The Labute approximate surface area is 128 Å². The summed E-state index contributed by atoms with van der Waals surface area (Å²) in [6.45, 7) is 4.86. The second-order valence-corrected chi connectivity index (χ2v) is 5.78. The first-order chi connectivity index (χ1) is 10.2. The number of fused-ring (bicyclic) bond motifs is 1. The summed E-state index contributed by atoms with van der Waals surface area (Å²) in [5.41, 5.74) is 5.87. The van der Waals surface area contributed by atoms with Crippen LogP contribution in [0.4, 0.5) is 11.8 Å². The fourth-order valence-electron chi connectivity index (χ4n) is 2.11. The minimum Gasteiger partial charge on any atom is -0.383 e. The Morgan fingerprint density at radius 3 is 2.43 bits per heavy atom. The van der Waals surface area contributed by atoms with E-state index in [9.17, 15) is 0 Å². The van der Waals surface area contributed by atoms with Crippen molar-refractivity contribution in [3.05, 3.63) is 10.9 Å². The molecule has 0 amide bonds. The molecular weight excluding hydrogens is 288 g/mol. The van der Waals surface area contributed by atoms with E-state index in [1.807, 2.05) is 0 Å². The van der Waals surface area contributed by atoms with Crippen LogP contribution in [0.15, 0.2) is 6.07 Å². The van der Waals surface area contributed by atoms with Crippen molar-refractivity contribution in [1.29, 1.82) is 0 Å². The molecule has 0 unspecified atom stereocenters. The number of anilines is 2. The number of nitrogens with two attached hydrogens (primary N) is 1. The zero-order chi connectivity index (χ0) is 15.2. The van der Waals surface area contributed by atoms with Crippen molar-refractivity contribution in [1.82, 2.24) is 9.97 Å². The number of aryl methyl sites for hydroxylation is 1. The molecule has 0 aliphatic carbocycles. The van der Waals surface area contributed by atoms with Gasteiger partial charge in [0.05, 0.1) is 18.6 Å². The molecule has 2 heterocycles. The lowest BCUT2D eigenvalue weighted by atomic mass is 10.3. The Kier molecular flexibility index (Phi) is 5.72. The van der Waals surface area contributed by atoms with E-state index in [0.29, 0.717) is 19.2 Å². The summed E-state index contributed by atoms with van der Waals surface area (Å²) in [5.74, 6) is 1.17. The highest BCUT2D eigenvalue weighted by atomic mass is 32.1. The first-order valence-electron chi connectivity index (χ1n) is 6.98. The normalized spacial score (nSPS) is 11.2. The van der Waals surface area contributed by atoms with E-state index >= 15 is 0 Å². The fourth-order valence-corrected chi connectivity index (χ4v) is 3.08. The SMILES string of the molecule is CCc1cc2c(N(CCOC)CCOC)nc(N)nc2s1. The predicted molar refractivity (Wildman–Crippen MR) is 87.2 cm³/mol. The molecule has 0 aliphatic heterocycles. The van der Waals surface area contributed by atoms with E-state index in [1.54, 1.807) is 25.6 Å². The van der Waals surface area contributed by atoms with Crippen LogP contribution in [0.1, 0.15) is 11.8 Å². The molecule has 116 valence electrons. The molecule has 2 N–H and O–H groups in total. The third kappa shape index (κ3) is 3.81. The second-order valence-electron chi connectivity index (χ2n) is 4.66. The van der Waals surface area contributed by atoms with Crippen LogP contribution >= 0.6 is 11.3 Å². The Morgan fingerprint density at radius 2 is 1.86 bits per heavy atom. The van der Waals surface area contributed by atoms with Gasteiger partial charge in [0.2, 0.25) is 5.95 Å². The summed E-state index contributed by atoms with van der Waals surface area (Å²) in [6.07, 6.45) is 0.983. The first kappa shape index (κ1) is 15.9. The van der Waals surface area contributed by atoms with Gasteiger partial charge in [0.15, 0.2) is 0 Å². The standard InChI is InChI=1S/C14H22N4O2S/c1-4-10-9-11-12(16-14(15)17-13(11)21-10)18(5-7-19-2)6-8-20-3/h9H,4-8H2,1-3H3,(H2,15,16,17). The maximum absolute atomic E-state index is 5.87. The third-order valence-electron chi connectivity index (χ3n) is 3.22. The van der Waals surface area contributed by atoms with Crippen LogP contribution in [0.2, 0.25) is 0 Å². The number of methoxy groups -OCH3 is 2. The van der Waals surface area contributed by atoms with Gasteiger partial charge in [0.25, 0.3) is 0 Å². The number of nitrogen functional groups attached to an aromatic ring is 1. The average Bonchev–Trinajstić information content (AvgIpc) is 2.89. The summed E-state index contributed by atoms with van der Waals surface area (Å²) in [5, 5.41) is 1.05. The summed E-state index contributed by atoms with van der Waals surface area (Å²) in [4.78, 5) is 13.1. The van der Waals surface area contributed by atoms with Crippen molar-refractivity contribution in [2.75, 3.05) is 51.2 Å². The number of aromatic nitrogens is 2. The fraction of sp³-hybridized carbons (Fsp3) is 0.571. The molecule has 0 aliphatic rings. The Hall–Kier alpha value is -1.44.